The maximum absolute atomic E-state index is 13.1. The Morgan fingerprint density at radius 2 is 1.83 bits per heavy atom. The summed E-state index contributed by atoms with van der Waals surface area (Å²) >= 11 is 0. The molecule has 1 fully saturated rings. The van der Waals surface area contributed by atoms with Crippen LogP contribution in [0.15, 0.2) is 47.4 Å². The van der Waals surface area contributed by atoms with Gasteiger partial charge >= 0.3 is 0 Å². The molecule has 2 aromatic carbocycles. The zero-order valence-corrected chi connectivity index (χ0v) is 17.8. The number of nitrogens with zero attached hydrogens (tertiary/aromatic N) is 3. The lowest BCUT2D eigenvalue weighted by Gasteiger charge is -2.24. The maximum Gasteiger partial charge on any atom is 0.253 e. The predicted octanol–water partition coefficient (Wildman–Crippen LogP) is 1.83. The topological polar surface area (TPSA) is 103 Å². The number of benzene rings is 2. The van der Waals surface area contributed by atoms with E-state index < -0.39 is 10.0 Å². The molecule has 158 valence electrons. The Morgan fingerprint density at radius 1 is 1.10 bits per heavy atom. The van der Waals surface area contributed by atoms with Crippen LogP contribution in [0.2, 0.25) is 0 Å². The van der Waals surface area contributed by atoms with Crippen molar-refractivity contribution in [3.63, 3.8) is 0 Å². The zero-order chi connectivity index (χ0) is 21.7. The lowest BCUT2D eigenvalue weighted by atomic mass is 10.2. The molecule has 1 aliphatic heterocycles. The third kappa shape index (κ3) is 4.56. The number of carbonyl (C=O) groups excluding carboxylic acids is 1. The Labute approximate surface area is 176 Å². The summed E-state index contributed by atoms with van der Waals surface area (Å²) in [5.74, 6) is -0.0318. The molecule has 0 unspecified atom stereocenters. The fraction of sp³-hybridized carbons (Fsp3) is 0.333. The van der Waals surface area contributed by atoms with Gasteiger partial charge in [0.2, 0.25) is 10.0 Å². The van der Waals surface area contributed by atoms with Gasteiger partial charge in [-0.15, -0.1) is 0 Å². The van der Waals surface area contributed by atoms with Crippen LogP contribution >= 0.6 is 0 Å². The van der Waals surface area contributed by atoms with Crippen molar-refractivity contribution in [1.82, 2.24) is 9.62 Å². The molecule has 0 atom stereocenters. The highest BCUT2D eigenvalue weighted by atomic mass is 32.2. The van der Waals surface area contributed by atoms with E-state index in [9.17, 15) is 13.2 Å². The minimum Gasteiger partial charge on any atom is -0.495 e. The number of nitrogens with one attached hydrogen (secondary N) is 1. The molecule has 1 heterocycles. The Morgan fingerprint density at radius 3 is 2.47 bits per heavy atom. The van der Waals surface area contributed by atoms with E-state index in [2.05, 4.69) is 15.7 Å². The Bertz CT molecular complexity index is 1060. The largest absolute Gasteiger partial charge is 0.495 e. The number of hydrogen-bond acceptors (Lipinski definition) is 6. The van der Waals surface area contributed by atoms with Gasteiger partial charge in [-0.1, -0.05) is 0 Å². The number of hydrogen-bond donors (Lipinski definition) is 1. The van der Waals surface area contributed by atoms with Gasteiger partial charge in [-0.3, -0.25) is 4.79 Å². The van der Waals surface area contributed by atoms with Crippen LogP contribution in [0.4, 0.5) is 5.69 Å². The third-order valence-electron chi connectivity index (χ3n) is 5.11. The average Bonchev–Trinajstić information content (AvgIpc) is 3.04. The average molecular weight is 429 g/mol. The second-order valence-electron chi connectivity index (χ2n) is 6.86. The van der Waals surface area contributed by atoms with Crippen molar-refractivity contribution < 1.29 is 17.9 Å². The number of rotatable bonds is 5. The predicted molar refractivity (Wildman–Crippen MR) is 113 cm³/mol. The van der Waals surface area contributed by atoms with Crippen LogP contribution in [-0.4, -0.2) is 59.6 Å². The molecule has 0 saturated carbocycles. The molecular formula is C21H24N4O4S. The Kier molecular flexibility index (Phi) is 6.59. The number of carbonyl (C=O) groups is 1. The molecule has 1 aliphatic rings. The molecule has 1 amide bonds. The molecular weight excluding hydrogens is 404 g/mol. The first-order valence-electron chi connectivity index (χ1n) is 9.55. The molecule has 2 aromatic rings. The molecule has 9 heteroatoms. The van der Waals surface area contributed by atoms with Crippen molar-refractivity contribution in [3.8, 4) is 11.8 Å². The summed E-state index contributed by atoms with van der Waals surface area (Å²) < 4.78 is 32.0. The van der Waals surface area contributed by atoms with Gasteiger partial charge in [0.15, 0.2) is 0 Å². The first kappa shape index (κ1) is 21.6. The van der Waals surface area contributed by atoms with E-state index >= 15 is 0 Å². The zero-order valence-electron chi connectivity index (χ0n) is 17.0. The quantitative estimate of drug-likeness (QED) is 0.779. The van der Waals surface area contributed by atoms with Gasteiger partial charge in [0.1, 0.15) is 10.6 Å². The number of nitriles is 1. The van der Waals surface area contributed by atoms with Crippen molar-refractivity contribution in [2.24, 2.45) is 0 Å². The molecule has 1 N–H and O–H groups in total. The minimum absolute atomic E-state index is 0.0626. The first-order chi connectivity index (χ1) is 14.4. The van der Waals surface area contributed by atoms with Crippen LogP contribution in [0.1, 0.15) is 22.3 Å². The van der Waals surface area contributed by atoms with Gasteiger partial charge in [0.25, 0.3) is 5.91 Å². The van der Waals surface area contributed by atoms with Crippen LogP contribution in [0.3, 0.4) is 0 Å². The molecule has 8 nitrogen and oxygen atoms in total. The summed E-state index contributed by atoms with van der Waals surface area (Å²) in [7, 11) is -1.06. The molecule has 1 saturated heterocycles. The molecule has 0 aliphatic carbocycles. The van der Waals surface area contributed by atoms with Gasteiger partial charge in [-0.05, 0) is 55.9 Å². The lowest BCUT2D eigenvalue weighted by Crippen LogP contribution is -2.35. The highest BCUT2D eigenvalue weighted by Crippen LogP contribution is 2.26. The SMILES string of the molecule is CNS(=O)(=O)c1cc(C(=O)N2CCCN(c3ccc(C#N)cc3)CC2)ccc1OC. The molecule has 30 heavy (non-hydrogen) atoms. The highest BCUT2D eigenvalue weighted by molar-refractivity contribution is 7.89. The molecule has 0 radical (unpaired) electrons. The molecule has 0 bridgehead atoms. The Balaban J connectivity index is 1.77. The van der Waals surface area contributed by atoms with Crippen LogP contribution < -0.4 is 14.4 Å². The summed E-state index contributed by atoms with van der Waals surface area (Å²) in [5.41, 5.74) is 1.92. The van der Waals surface area contributed by atoms with E-state index in [1.165, 1.54) is 26.3 Å². The lowest BCUT2D eigenvalue weighted by molar-refractivity contribution is 0.0766. The van der Waals surface area contributed by atoms with Crippen LogP contribution in [0.25, 0.3) is 0 Å². The Hall–Kier alpha value is -3.09. The standard InChI is InChI=1S/C21H24N4O4S/c1-23-30(27,28)20-14-17(6-9-19(20)29-2)21(26)25-11-3-10-24(12-13-25)18-7-4-16(15-22)5-8-18/h4-9,14,23H,3,10-13H2,1-2H3. The smallest absolute Gasteiger partial charge is 0.253 e. The van der Waals surface area contributed by atoms with Crippen LogP contribution in [0, 0.1) is 11.3 Å². The van der Waals surface area contributed by atoms with Crippen molar-refractivity contribution in [3.05, 3.63) is 53.6 Å². The molecule has 0 spiro atoms. The second-order valence-corrected chi connectivity index (χ2v) is 8.72. The summed E-state index contributed by atoms with van der Waals surface area (Å²) in [6.07, 6.45) is 0.781. The highest BCUT2D eigenvalue weighted by Gasteiger charge is 2.24. The summed E-state index contributed by atoms with van der Waals surface area (Å²) in [6, 6.07) is 13.9. The third-order valence-corrected chi connectivity index (χ3v) is 6.55. The van der Waals surface area contributed by atoms with Gasteiger partial charge in [0.05, 0.1) is 18.7 Å². The molecule has 3 rings (SSSR count). The molecule has 0 aromatic heterocycles. The van der Waals surface area contributed by atoms with Gasteiger partial charge in [-0.2, -0.15) is 5.26 Å². The summed E-state index contributed by atoms with van der Waals surface area (Å²) in [4.78, 5) is 16.9. The summed E-state index contributed by atoms with van der Waals surface area (Å²) in [6.45, 7) is 2.53. The van der Waals surface area contributed by atoms with Crippen molar-refractivity contribution in [1.29, 1.82) is 5.26 Å². The maximum atomic E-state index is 13.1. The number of ether oxygens (including phenoxy) is 1. The normalized spacial score (nSPS) is 14.7. The van der Waals surface area contributed by atoms with Crippen molar-refractivity contribution in [2.45, 2.75) is 11.3 Å². The van der Waals surface area contributed by atoms with E-state index in [4.69, 9.17) is 10.00 Å². The van der Waals surface area contributed by atoms with E-state index in [1.807, 2.05) is 12.1 Å². The number of anilines is 1. The van der Waals surface area contributed by atoms with Crippen molar-refractivity contribution in [2.75, 3.05) is 45.2 Å². The summed E-state index contributed by atoms with van der Waals surface area (Å²) in [5, 5.41) is 8.95. The number of sulfonamides is 1. The monoisotopic (exact) mass is 428 g/mol. The van der Waals surface area contributed by atoms with E-state index in [0.717, 1.165) is 18.7 Å². The van der Waals surface area contributed by atoms with E-state index in [0.29, 0.717) is 30.8 Å². The van der Waals surface area contributed by atoms with E-state index in [-0.39, 0.29) is 16.6 Å². The minimum atomic E-state index is -3.76. The van der Waals surface area contributed by atoms with Crippen LogP contribution in [0.5, 0.6) is 5.75 Å². The van der Waals surface area contributed by atoms with Gasteiger partial charge < -0.3 is 14.5 Å². The van der Waals surface area contributed by atoms with Crippen molar-refractivity contribution >= 4 is 21.6 Å². The second kappa shape index (κ2) is 9.15. The number of methoxy groups -OCH3 is 1. The van der Waals surface area contributed by atoms with E-state index in [1.54, 1.807) is 23.1 Å². The fourth-order valence-corrected chi connectivity index (χ4v) is 4.36. The first-order valence-corrected chi connectivity index (χ1v) is 11.0. The van der Waals surface area contributed by atoms with Gasteiger partial charge in [-0.25, -0.2) is 13.1 Å². The van der Waals surface area contributed by atoms with Crippen LogP contribution in [-0.2, 0) is 10.0 Å². The number of amides is 1. The fourth-order valence-electron chi connectivity index (χ4n) is 3.44. The van der Waals surface area contributed by atoms with Gasteiger partial charge in [0, 0.05) is 37.4 Å².